The predicted molar refractivity (Wildman–Crippen MR) is 117 cm³/mol. The molecule has 15 heteroatoms. The van der Waals surface area contributed by atoms with Crippen molar-refractivity contribution in [2.75, 3.05) is 28.2 Å². The van der Waals surface area contributed by atoms with Gasteiger partial charge in [0.2, 0.25) is 5.82 Å². The lowest BCUT2D eigenvalue weighted by Gasteiger charge is -2.35. The highest BCUT2D eigenvalue weighted by molar-refractivity contribution is 6.05. The van der Waals surface area contributed by atoms with Crippen LogP contribution in [0.1, 0.15) is 23.8 Å². The number of carbonyl (C=O) groups excluding carboxylic acids is 2. The summed E-state index contributed by atoms with van der Waals surface area (Å²) in [6.07, 6.45) is -2.46. The van der Waals surface area contributed by atoms with Crippen LogP contribution in [0.5, 0.6) is 0 Å². The van der Waals surface area contributed by atoms with Crippen molar-refractivity contribution in [3.63, 3.8) is 0 Å². The molecule has 2 aliphatic rings. The first-order chi connectivity index (χ1) is 16.7. The number of fused-ring (bicyclic) bond motifs is 4. The summed E-state index contributed by atoms with van der Waals surface area (Å²) in [5.41, 5.74) is 0.964. The molecule has 0 radical (unpaired) electrons. The van der Waals surface area contributed by atoms with Crippen LogP contribution in [-0.2, 0) is 0 Å². The Morgan fingerprint density at radius 2 is 2.09 bits per heavy atom. The largest absolute Gasteiger partial charge is 0.408 e. The fourth-order valence-corrected chi connectivity index (χ4v) is 4.04. The topological polar surface area (TPSA) is 145 Å². The van der Waals surface area contributed by atoms with Crippen molar-refractivity contribution in [3.8, 4) is 11.4 Å². The highest BCUT2D eigenvalue weighted by atomic mass is 19.4. The SMILES string of the molecule is C[C@@H](NC(=O)c1ccc2c(n1)N(C(=O)Nc1cc(-c3nn[nH]n3)ccn1)[C@H]1CCN2C1)C(F)(F)F. The molecular weight excluding hydrogens is 469 g/mol. The number of amides is 3. The maximum Gasteiger partial charge on any atom is 0.408 e. The highest BCUT2D eigenvalue weighted by Gasteiger charge is 2.41. The number of carbonyl (C=O) groups is 2. The molecule has 3 aromatic heterocycles. The van der Waals surface area contributed by atoms with Gasteiger partial charge in [0.05, 0.1) is 11.7 Å². The first-order valence-corrected chi connectivity index (χ1v) is 10.6. The van der Waals surface area contributed by atoms with Crippen LogP contribution in [0.4, 0.5) is 35.3 Å². The van der Waals surface area contributed by atoms with Gasteiger partial charge in [-0.15, -0.1) is 10.2 Å². The number of pyridine rings is 2. The Bertz CT molecular complexity index is 1270. The second-order valence-electron chi connectivity index (χ2n) is 8.13. The van der Waals surface area contributed by atoms with Crippen molar-refractivity contribution in [1.82, 2.24) is 35.9 Å². The van der Waals surface area contributed by atoms with Crippen LogP contribution in [-0.4, -0.2) is 73.9 Å². The number of aromatic nitrogens is 6. The van der Waals surface area contributed by atoms with E-state index in [2.05, 4.69) is 35.9 Å². The zero-order valence-corrected chi connectivity index (χ0v) is 18.2. The second kappa shape index (κ2) is 8.48. The van der Waals surface area contributed by atoms with Crippen LogP contribution in [0.3, 0.4) is 0 Å². The monoisotopic (exact) mass is 488 g/mol. The van der Waals surface area contributed by atoms with E-state index >= 15 is 0 Å². The molecule has 1 saturated heterocycles. The number of rotatable bonds is 4. The molecule has 35 heavy (non-hydrogen) atoms. The van der Waals surface area contributed by atoms with Crippen LogP contribution in [0.15, 0.2) is 30.5 Å². The van der Waals surface area contributed by atoms with E-state index in [4.69, 9.17) is 0 Å². The molecule has 5 rings (SSSR count). The van der Waals surface area contributed by atoms with E-state index in [-0.39, 0.29) is 23.4 Å². The minimum absolute atomic E-state index is 0.192. The summed E-state index contributed by atoms with van der Waals surface area (Å²) >= 11 is 0. The average Bonchev–Trinajstić information content (AvgIpc) is 3.50. The van der Waals surface area contributed by atoms with Gasteiger partial charge in [-0.1, -0.05) is 0 Å². The molecule has 2 bridgehead atoms. The summed E-state index contributed by atoms with van der Waals surface area (Å²) in [5, 5.41) is 18.3. The van der Waals surface area contributed by atoms with E-state index < -0.39 is 24.2 Å². The van der Waals surface area contributed by atoms with Gasteiger partial charge in [-0.25, -0.2) is 14.8 Å². The van der Waals surface area contributed by atoms with Gasteiger partial charge in [0.15, 0.2) is 5.82 Å². The lowest BCUT2D eigenvalue weighted by molar-refractivity contribution is -0.149. The van der Waals surface area contributed by atoms with Crippen LogP contribution >= 0.6 is 0 Å². The number of urea groups is 1. The van der Waals surface area contributed by atoms with E-state index in [0.29, 0.717) is 36.6 Å². The molecule has 3 N–H and O–H groups in total. The van der Waals surface area contributed by atoms with Crippen molar-refractivity contribution in [3.05, 3.63) is 36.2 Å². The van der Waals surface area contributed by atoms with E-state index in [0.717, 1.165) is 6.92 Å². The van der Waals surface area contributed by atoms with Crippen LogP contribution in [0, 0.1) is 0 Å². The third-order valence-electron chi connectivity index (χ3n) is 5.84. The summed E-state index contributed by atoms with van der Waals surface area (Å²) in [6.45, 7) is 2.08. The Balaban J connectivity index is 1.42. The average molecular weight is 488 g/mol. The Morgan fingerprint density at radius 3 is 2.83 bits per heavy atom. The lowest BCUT2D eigenvalue weighted by Crippen LogP contribution is -2.49. The minimum atomic E-state index is -4.59. The van der Waals surface area contributed by atoms with Crippen molar-refractivity contribution in [2.24, 2.45) is 0 Å². The summed E-state index contributed by atoms with van der Waals surface area (Å²) in [5.74, 6) is -0.242. The van der Waals surface area contributed by atoms with Gasteiger partial charge in [-0.2, -0.15) is 18.4 Å². The highest BCUT2D eigenvalue weighted by Crippen LogP contribution is 2.39. The Kier molecular flexibility index (Phi) is 5.45. The molecule has 0 saturated carbocycles. The number of anilines is 3. The molecule has 3 aromatic rings. The predicted octanol–water partition coefficient (Wildman–Crippen LogP) is 1.97. The number of H-pyrrole nitrogens is 1. The van der Waals surface area contributed by atoms with Crippen molar-refractivity contribution in [1.29, 1.82) is 0 Å². The van der Waals surface area contributed by atoms with Gasteiger partial charge in [-0.3, -0.25) is 15.0 Å². The maximum atomic E-state index is 13.3. The molecule has 1 fully saturated rings. The quantitative estimate of drug-likeness (QED) is 0.506. The van der Waals surface area contributed by atoms with E-state index in [1.165, 1.54) is 17.2 Å². The molecule has 0 aromatic carbocycles. The van der Waals surface area contributed by atoms with E-state index in [1.54, 1.807) is 18.2 Å². The number of aromatic amines is 1. The molecule has 2 atom stereocenters. The third-order valence-corrected chi connectivity index (χ3v) is 5.84. The molecule has 0 spiro atoms. The zero-order valence-electron chi connectivity index (χ0n) is 18.2. The number of hydrogen-bond acceptors (Lipinski definition) is 8. The molecular formula is C20H19F3N10O2. The molecule has 0 unspecified atom stereocenters. The first kappa shape index (κ1) is 22.5. The molecule has 182 valence electrons. The Hall–Kier alpha value is -4.30. The Labute approximate surface area is 195 Å². The molecule has 0 aliphatic carbocycles. The van der Waals surface area contributed by atoms with Crippen molar-refractivity contribution >= 4 is 29.3 Å². The lowest BCUT2D eigenvalue weighted by atomic mass is 10.1. The summed E-state index contributed by atoms with van der Waals surface area (Å²) in [7, 11) is 0. The number of nitrogens with zero attached hydrogens (tertiary/aromatic N) is 7. The first-order valence-electron chi connectivity index (χ1n) is 10.6. The number of halogens is 3. The molecule has 5 heterocycles. The zero-order chi connectivity index (χ0) is 24.7. The Morgan fingerprint density at radius 1 is 1.26 bits per heavy atom. The molecule has 2 aliphatic heterocycles. The van der Waals surface area contributed by atoms with Crippen molar-refractivity contribution < 1.29 is 22.8 Å². The van der Waals surface area contributed by atoms with Gasteiger partial charge < -0.3 is 10.2 Å². The fourth-order valence-electron chi connectivity index (χ4n) is 4.04. The number of hydrogen-bond donors (Lipinski definition) is 3. The number of nitrogens with one attached hydrogen (secondary N) is 3. The van der Waals surface area contributed by atoms with Crippen LogP contribution < -0.4 is 20.4 Å². The molecule has 12 nitrogen and oxygen atoms in total. The number of alkyl halides is 3. The van der Waals surface area contributed by atoms with Gasteiger partial charge in [0.1, 0.15) is 17.6 Å². The summed E-state index contributed by atoms with van der Waals surface area (Å²) in [6, 6.07) is 3.34. The number of tetrazole rings is 1. The van der Waals surface area contributed by atoms with Gasteiger partial charge >= 0.3 is 12.2 Å². The smallest absolute Gasteiger partial charge is 0.366 e. The van der Waals surface area contributed by atoms with Crippen LogP contribution in [0.25, 0.3) is 11.4 Å². The van der Waals surface area contributed by atoms with Gasteiger partial charge in [0, 0.05) is 24.8 Å². The van der Waals surface area contributed by atoms with E-state index in [9.17, 15) is 22.8 Å². The molecule has 3 amide bonds. The standard InChI is InChI=1S/C20H19F3N10O2/c1-10(20(21,22)23)25-18(34)13-2-3-14-17(26-13)33(12-5-7-32(14)9-12)19(35)27-15-8-11(4-6-24-15)16-28-30-31-29-16/h2-4,6,8,10,12H,5,7,9H2,1H3,(H,25,34)(H,24,27,35)(H,28,29,30,31)/t10-,12+/m1/s1. The minimum Gasteiger partial charge on any atom is -0.366 e. The summed E-state index contributed by atoms with van der Waals surface area (Å²) in [4.78, 5) is 37.7. The fraction of sp³-hybridized carbons (Fsp3) is 0.350. The normalized spacial score (nSPS) is 17.7. The van der Waals surface area contributed by atoms with Gasteiger partial charge in [-0.05, 0) is 42.8 Å². The van der Waals surface area contributed by atoms with Gasteiger partial charge in [0.25, 0.3) is 5.91 Å². The van der Waals surface area contributed by atoms with Crippen molar-refractivity contribution in [2.45, 2.75) is 31.6 Å². The maximum absolute atomic E-state index is 13.3. The van der Waals surface area contributed by atoms with Crippen LogP contribution in [0.2, 0.25) is 0 Å². The summed E-state index contributed by atoms with van der Waals surface area (Å²) < 4.78 is 38.6. The second-order valence-corrected chi connectivity index (χ2v) is 8.13. The third kappa shape index (κ3) is 4.31. The van der Waals surface area contributed by atoms with E-state index in [1.807, 2.05) is 10.2 Å².